The largest absolute Gasteiger partial charge is 0.383 e. The molecule has 2 rings (SSSR count). The third kappa shape index (κ3) is 2.77. The zero-order valence-corrected chi connectivity index (χ0v) is 10.6. The van der Waals surface area contributed by atoms with Crippen molar-refractivity contribution in [1.29, 1.82) is 0 Å². The Morgan fingerprint density at radius 3 is 2.94 bits per heavy atom. The summed E-state index contributed by atoms with van der Waals surface area (Å²) < 4.78 is 4.90. The molecule has 0 radical (unpaired) electrons. The molecule has 0 aromatic heterocycles. The number of carbonyl (C=O) groups excluding carboxylic acids is 1. The molecule has 0 aliphatic carbocycles. The van der Waals surface area contributed by atoms with Crippen molar-refractivity contribution in [2.75, 3.05) is 25.2 Å². The molecule has 0 spiro atoms. The number of hydrogen-bond donors (Lipinski definition) is 1. The van der Waals surface area contributed by atoms with Gasteiger partial charge in [-0.1, -0.05) is 18.2 Å². The Morgan fingerprint density at radius 2 is 2.24 bits per heavy atom. The number of nitrogens with zero attached hydrogens (tertiary/aromatic N) is 1. The van der Waals surface area contributed by atoms with Crippen LogP contribution >= 0.6 is 12.4 Å². The highest BCUT2D eigenvalue weighted by Crippen LogP contribution is 2.27. The van der Waals surface area contributed by atoms with E-state index in [-0.39, 0.29) is 24.9 Å². The molecule has 94 valence electrons. The van der Waals surface area contributed by atoms with E-state index in [2.05, 4.69) is 0 Å². The fourth-order valence-electron chi connectivity index (χ4n) is 2.02. The average molecular weight is 257 g/mol. The van der Waals surface area contributed by atoms with Crippen molar-refractivity contribution in [3.63, 3.8) is 0 Å². The van der Waals surface area contributed by atoms with Gasteiger partial charge in [0.1, 0.15) is 6.04 Å². The number of rotatable bonds is 3. The van der Waals surface area contributed by atoms with Gasteiger partial charge >= 0.3 is 0 Å². The van der Waals surface area contributed by atoms with Crippen molar-refractivity contribution in [2.24, 2.45) is 5.73 Å². The molecule has 0 saturated carbocycles. The first kappa shape index (κ1) is 14.0. The molecule has 0 fully saturated rings. The standard InChI is InChI=1S/C12H16N2O2.ClH/c1-16-8-10(13)12(15)14-7-6-9-4-2-3-5-11(9)14;/h2-5,10H,6-8,13H2,1H3;1H. The topological polar surface area (TPSA) is 55.6 Å². The lowest BCUT2D eigenvalue weighted by Gasteiger charge is -2.21. The van der Waals surface area contributed by atoms with Crippen LogP contribution in [0.5, 0.6) is 0 Å². The van der Waals surface area contributed by atoms with E-state index in [1.54, 1.807) is 12.0 Å². The van der Waals surface area contributed by atoms with Gasteiger partial charge in [0, 0.05) is 19.3 Å². The summed E-state index contributed by atoms with van der Waals surface area (Å²) in [6, 6.07) is 7.36. The minimum absolute atomic E-state index is 0. The van der Waals surface area contributed by atoms with Crippen LogP contribution in [-0.2, 0) is 16.0 Å². The number of benzene rings is 1. The molecule has 5 heteroatoms. The van der Waals surface area contributed by atoms with Gasteiger partial charge in [0.05, 0.1) is 6.61 Å². The minimum Gasteiger partial charge on any atom is -0.383 e. The van der Waals surface area contributed by atoms with Crippen molar-refractivity contribution in [3.05, 3.63) is 29.8 Å². The number of anilines is 1. The molecule has 1 aliphatic heterocycles. The minimum atomic E-state index is -0.573. The number of fused-ring (bicyclic) bond motifs is 1. The van der Waals surface area contributed by atoms with E-state index in [4.69, 9.17) is 10.5 Å². The third-order valence-electron chi connectivity index (χ3n) is 2.82. The highest BCUT2D eigenvalue weighted by Gasteiger charge is 2.27. The maximum Gasteiger partial charge on any atom is 0.246 e. The summed E-state index contributed by atoms with van der Waals surface area (Å²) in [5, 5.41) is 0. The molecular weight excluding hydrogens is 240 g/mol. The number of hydrogen-bond acceptors (Lipinski definition) is 3. The first-order valence-corrected chi connectivity index (χ1v) is 5.38. The number of ether oxygens (including phenoxy) is 1. The molecule has 1 aromatic rings. The average Bonchev–Trinajstić information content (AvgIpc) is 2.72. The van der Waals surface area contributed by atoms with Crippen LogP contribution in [0.1, 0.15) is 5.56 Å². The summed E-state index contributed by atoms with van der Waals surface area (Å²) in [6.07, 6.45) is 0.904. The molecule has 1 aromatic carbocycles. The quantitative estimate of drug-likeness (QED) is 0.877. The predicted octanol–water partition coefficient (Wildman–Crippen LogP) is 0.971. The number of para-hydroxylation sites is 1. The van der Waals surface area contributed by atoms with E-state index >= 15 is 0 Å². The molecule has 0 bridgehead atoms. The Morgan fingerprint density at radius 1 is 1.53 bits per heavy atom. The molecule has 4 nitrogen and oxygen atoms in total. The van der Waals surface area contributed by atoms with Gasteiger partial charge < -0.3 is 15.4 Å². The van der Waals surface area contributed by atoms with Crippen LogP contribution in [0.25, 0.3) is 0 Å². The van der Waals surface area contributed by atoms with E-state index in [0.717, 1.165) is 18.7 Å². The molecule has 0 saturated heterocycles. The van der Waals surface area contributed by atoms with E-state index in [1.807, 2.05) is 24.3 Å². The second-order valence-corrected chi connectivity index (χ2v) is 3.93. The monoisotopic (exact) mass is 256 g/mol. The summed E-state index contributed by atoms with van der Waals surface area (Å²) >= 11 is 0. The molecule has 17 heavy (non-hydrogen) atoms. The van der Waals surface area contributed by atoms with Crippen LogP contribution < -0.4 is 10.6 Å². The molecule has 1 atom stereocenters. The van der Waals surface area contributed by atoms with Crippen molar-refractivity contribution >= 4 is 24.0 Å². The summed E-state index contributed by atoms with van der Waals surface area (Å²) in [6.45, 7) is 0.979. The molecule has 1 amide bonds. The second kappa shape index (κ2) is 6.00. The van der Waals surface area contributed by atoms with Crippen molar-refractivity contribution in [2.45, 2.75) is 12.5 Å². The first-order chi connectivity index (χ1) is 7.74. The lowest BCUT2D eigenvalue weighted by molar-refractivity contribution is -0.120. The van der Waals surface area contributed by atoms with Crippen LogP contribution in [0.4, 0.5) is 5.69 Å². The maximum atomic E-state index is 12.0. The summed E-state index contributed by atoms with van der Waals surface area (Å²) in [7, 11) is 1.55. The van der Waals surface area contributed by atoms with Gasteiger partial charge in [-0.3, -0.25) is 4.79 Å². The lowest BCUT2D eigenvalue weighted by Crippen LogP contribution is -2.45. The summed E-state index contributed by atoms with van der Waals surface area (Å²) in [5.41, 5.74) is 7.94. The maximum absolute atomic E-state index is 12.0. The van der Waals surface area contributed by atoms with Crippen LogP contribution in [0.15, 0.2) is 24.3 Å². The number of carbonyl (C=O) groups is 1. The van der Waals surface area contributed by atoms with Gasteiger partial charge in [0.25, 0.3) is 0 Å². The van der Waals surface area contributed by atoms with Crippen LogP contribution in [-0.4, -0.2) is 32.2 Å². The lowest BCUT2D eigenvalue weighted by atomic mass is 10.2. The number of methoxy groups -OCH3 is 1. The van der Waals surface area contributed by atoms with Gasteiger partial charge in [0.15, 0.2) is 0 Å². The van der Waals surface area contributed by atoms with E-state index in [0.29, 0.717) is 0 Å². The van der Waals surface area contributed by atoms with Crippen molar-refractivity contribution < 1.29 is 9.53 Å². The van der Waals surface area contributed by atoms with E-state index in [9.17, 15) is 4.79 Å². The van der Waals surface area contributed by atoms with E-state index < -0.39 is 6.04 Å². The number of halogens is 1. The fourth-order valence-corrected chi connectivity index (χ4v) is 2.02. The highest BCUT2D eigenvalue weighted by atomic mass is 35.5. The smallest absolute Gasteiger partial charge is 0.246 e. The number of nitrogens with two attached hydrogens (primary N) is 1. The zero-order valence-electron chi connectivity index (χ0n) is 9.76. The second-order valence-electron chi connectivity index (χ2n) is 3.93. The normalized spacial score (nSPS) is 15.1. The molecule has 1 unspecified atom stereocenters. The zero-order chi connectivity index (χ0) is 11.5. The highest BCUT2D eigenvalue weighted by molar-refractivity contribution is 5.98. The first-order valence-electron chi connectivity index (χ1n) is 5.38. The SMILES string of the molecule is COCC(N)C(=O)N1CCc2ccccc21.Cl. The Bertz CT molecular complexity index is 398. The van der Waals surface area contributed by atoms with E-state index in [1.165, 1.54) is 5.56 Å². The predicted molar refractivity (Wildman–Crippen MR) is 69.6 cm³/mol. The Hall–Kier alpha value is -1.10. The summed E-state index contributed by atoms with van der Waals surface area (Å²) in [5.74, 6) is -0.0631. The third-order valence-corrected chi connectivity index (χ3v) is 2.82. The van der Waals surface area contributed by atoms with Gasteiger partial charge in [-0.05, 0) is 18.1 Å². The van der Waals surface area contributed by atoms with Crippen LogP contribution in [0.3, 0.4) is 0 Å². The van der Waals surface area contributed by atoms with Gasteiger partial charge in [0.2, 0.25) is 5.91 Å². The van der Waals surface area contributed by atoms with Crippen LogP contribution in [0, 0.1) is 0 Å². The van der Waals surface area contributed by atoms with Crippen molar-refractivity contribution in [1.82, 2.24) is 0 Å². The Kier molecular flexibility index (Phi) is 4.93. The molecule has 1 aliphatic rings. The number of amides is 1. The van der Waals surface area contributed by atoms with Gasteiger partial charge in [-0.15, -0.1) is 12.4 Å². The van der Waals surface area contributed by atoms with Gasteiger partial charge in [-0.2, -0.15) is 0 Å². The van der Waals surface area contributed by atoms with Gasteiger partial charge in [-0.25, -0.2) is 0 Å². The summed E-state index contributed by atoms with van der Waals surface area (Å²) in [4.78, 5) is 13.8. The molecule has 2 N–H and O–H groups in total. The Labute approximate surface area is 107 Å². The molecule has 1 heterocycles. The fraction of sp³-hybridized carbons (Fsp3) is 0.417. The molecular formula is C12H17ClN2O2. The van der Waals surface area contributed by atoms with Crippen molar-refractivity contribution in [3.8, 4) is 0 Å². The van der Waals surface area contributed by atoms with Crippen LogP contribution in [0.2, 0.25) is 0 Å². The Balaban J connectivity index is 0.00000144.